The number of hydrogen-bond acceptors (Lipinski definition) is 3. The van der Waals surface area contributed by atoms with Crippen LogP contribution in [0.2, 0.25) is 0 Å². The van der Waals surface area contributed by atoms with Crippen LogP contribution in [0.15, 0.2) is 18.3 Å². The quantitative estimate of drug-likeness (QED) is 0.844. The topological polar surface area (TPSA) is 50.9 Å². The highest BCUT2D eigenvalue weighted by molar-refractivity contribution is 5.38. The third kappa shape index (κ3) is 3.22. The number of anilines is 1. The molecule has 1 aliphatic rings. The highest BCUT2D eigenvalue weighted by Gasteiger charge is 2.22. The van der Waals surface area contributed by atoms with E-state index < -0.39 is 0 Å². The maximum Gasteiger partial charge on any atom is 0.126 e. The van der Waals surface area contributed by atoms with Crippen LogP contribution in [0.4, 0.5) is 5.82 Å². The number of pyridine rings is 1. The van der Waals surface area contributed by atoms with Gasteiger partial charge in [-0.3, -0.25) is 0 Å². The Balaban J connectivity index is 2.02. The molecule has 0 spiro atoms. The maximum absolute atomic E-state index is 6.14. The molecule has 0 radical (unpaired) electrons. The summed E-state index contributed by atoms with van der Waals surface area (Å²) in [5.74, 6) is 0.949. The van der Waals surface area contributed by atoms with Crippen molar-refractivity contribution in [2.24, 2.45) is 5.73 Å². The van der Waals surface area contributed by atoms with Crippen molar-refractivity contribution in [1.29, 1.82) is 0 Å². The molecule has 1 aromatic rings. The minimum absolute atomic E-state index is 0.159. The Morgan fingerprint density at radius 1 is 1.22 bits per heavy atom. The first kappa shape index (κ1) is 13.3. The highest BCUT2D eigenvalue weighted by Crippen LogP contribution is 2.24. The Kier molecular flexibility index (Phi) is 3.91. The van der Waals surface area contributed by atoms with E-state index in [4.69, 9.17) is 5.73 Å². The molecule has 1 saturated carbocycles. The van der Waals surface area contributed by atoms with E-state index in [-0.39, 0.29) is 11.5 Å². The van der Waals surface area contributed by atoms with Crippen LogP contribution in [0.5, 0.6) is 0 Å². The Hall–Kier alpha value is -1.09. The maximum atomic E-state index is 6.14. The molecule has 0 aliphatic heterocycles. The van der Waals surface area contributed by atoms with Gasteiger partial charge in [0.05, 0.1) is 0 Å². The summed E-state index contributed by atoms with van der Waals surface area (Å²) in [6.07, 6.45) is 6.78. The van der Waals surface area contributed by atoms with Crippen molar-refractivity contribution in [3.63, 3.8) is 0 Å². The Morgan fingerprint density at radius 3 is 2.50 bits per heavy atom. The fraction of sp³-hybridized carbons (Fsp3) is 0.667. The normalized spacial score (nSPS) is 24.9. The summed E-state index contributed by atoms with van der Waals surface area (Å²) >= 11 is 0. The van der Waals surface area contributed by atoms with Crippen LogP contribution in [-0.2, 0) is 5.41 Å². The van der Waals surface area contributed by atoms with Crippen molar-refractivity contribution in [3.05, 3.63) is 23.9 Å². The van der Waals surface area contributed by atoms with Gasteiger partial charge in [-0.05, 0) is 29.9 Å². The van der Waals surface area contributed by atoms with E-state index in [0.717, 1.165) is 18.7 Å². The van der Waals surface area contributed by atoms with Gasteiger partial charge in [0, 0.05) is 18.3 Å². The molecule has 100 valence electrons. The van der Waals surface area contributed by atoms with Gasteiger partial charge >= 0.3 is 0 Å². The Bertz CT molecular complexity index is 378. The average molecular weight is 247 g/mol. The molecule has 3 heteroatoms. The molecular weight excluding hydrogens is 222 g/mol. The zero-order valence-corrected chi connectivity index (χ0v) is 11.7. The van der Waals surface area contributed by atoms with Crippen molar-refractivity contribution in [2.75, 3.05) is 5.32 Å². The standard InChI is InChI=1S/C15H25N3/c1-15(2,3)11-8-9-14(17-10-11)18-13-7-5-4-6-12(13)16/h8-10,12-13H,4-7,16H2,1-3H3,(H,17,18)/t12-,13-/m1/s1. The van der Waals surface area contributed by atoms with Gasteiger partial charge < -0.3 is 11.1 Å². The summed E-state index contributed by atoms with van der Waals surface area (Å²) in [6, 6.07) is 4.88. The molecule has 2 rings (SSSR count). The lowest BCUT2D eigenvalue weighted by Crippen LogP contribution is -2.42. The van der Waals surface area contributed by atoms with Gasteiger partial charge in [0.15, 0.2) is 0 Å². The zero-order chi connectivity index (χ0) is 13.2. The van der Waals surface area contributed by atoms with E-state index in [1.165, 1.54) is 18.4 Å². The third-order valence-electron chi connectivity index (χ3n) is 3.78. The molecule has 1 aliphatic carbocycles. The van der Waals surface area contributed by atoms with Crippen LogP contribution in [0.1, 0.15) is 52.0 Å². The number of nitrogens with two attached hydrogens (primary N) is 1. The largest absolute Gasteiger partial charge is 0.366 e. The summed E-state index contributed by atoms with van der Waals surface area (Å²) in [5.41, 5.74) is 7.56. The molecule has 2 atom stereocenters. The fourth-order valence-electron chi connectivity index (χ4n) is 2.45. The predicted molar refractivity (Wildman–Crippen MR) is 76.8 cm³/mol. The minimum atomic E-state index is 0.159. The summed E-state index contributed by atoms with van der Waals surface area (Å²) in [5, 5.41) is 3.47. The van der Waals surface area contributed by atoms with Crippen LogP contribution in [0.3, 0.4) is 0 Å². The molecule has 1 aromatic heterocycles. The van der Waals surface area contributed by atoms with E-state index >= 15 is 0 Å². The second kappa shape index (κ2) is 5.27. The molecule has 0 unspecified atom stereocenters. The lowest BCUT2D eigenvalue weighted by molar-refractivity contribution is 0.403. The van der Waals surface area contributed by atoms with Crippen molar-refractivity contribution < 1.29 is 0 Å². The highest BCUT2D eigenvalue weighted by atomic mass is 15.0. The second-order valence-corrected chi connectivity index (χ2v) is 6.38. The molecule has 3 N–H and O–H groups in total. The second-order valence-electron chi connectivity index (χ2n) is 6.38. The van der Waals surface area contributed by atoms with E-state index in [2.05, 4.69) is 43.2 Å². The lowest BCUT2D eigenvalue weighted by atomic mass is 9.88. The summed E-state index contributed by atoms with van der Waals surface area (Å²) < 4.78 is 0. The Morgan fingerprint density at radius 2 is 1.94 bits per heavy atom. The fourth-order valence-corrected chi connectivity index (χ4v) is 2.45. The Labute approximate surface area is 110 Å². The average Bonchev–Trinajstić information content (AvgIpc) is 2.32. The number of nitrogens with zero attached hydrogens (tertiary/aromatic N) is 1. The number of rotatable bonds is 2. The van der Waals surface area contributed by atoms with Crippen molar-refractivity contribution in [2.45, 2.75) is 64.0 Å². The van der Waals surface area contributed by atoms with Gasteiger partial charge in [0.2, 0.25) is 0 Å². The van der Waals surface area contributed by atoms with Crippen LogP contribution >= 0.6 is 0 Å². The first-order valence-electron chi connectivity index (χ1n) is 6.95. The van der Waals surface area contributed by atoms with Gasteiger partial charge in [-0.15, -0.1) is 0 Å². The van der Waals surface area contributed by atoms with Gasteiger partial charge in [0.1, 0.15) is 5.82 Å². The summed E-state index contributed by atoms with van der Waals surface area (Å²) in [4.78, 5) is 4.51. The van der Waals surface area contributed by atoms with Crippen LogP contribution in [0.25, 0.3) is 0 Å². The SMILES string of the molecule is CC(C)(C)c1ccc(N[C@@H]2CCCC[C@H]2N)nc1. The number of aromatic nitrogens is 1. The molecule has 0 bridgehead atoms. The molecule has 1 fully saturated rings. The molecule has 1 heterocycles. The predicted octanol–water partition coefficient (Wildman–Crippen LogP) is 3.06. The molecular formula is C15H25N3. The molecule has 0 aromatic carbocycles. The number of nitrogens with one attached hydrogen (secondary N) is 1. The van der Waals surface area contributed by atoms with Crippen molar-refractivity contribution in [1.82, 2.24) is 4.98 Å². The van der Waals surface area contributed by atoms with Gasteiger partial charge in [-0.2, -0.15) is 0 Å². The summed E-state index contributed by atoms with van der Waals surface area (Å²) in [6.45, 7) is 6.61. The van der Waals surface area contributed by atoms with Crippen molar-refractivity contribution in [3.8, 4) is 0 Å². The minimum Gasteiger partial charge on any atom is -0.366 e. The zero-order valence-electron chi connectivity index (χ0n) is 11.7. The monoisotopic (exact) mass is 247 g/mol. The number of hydrogen-bond donors (Lipinski definition) is 2. The summed E-state index contributed by atoms with van der Waals surface area (Å²) in [7, 11) is 0. The van der Waals surface area contributed by atoms with E-state index in [1.807, 2.05) is 6.20 Å². The molecule has 18 heavy (non-hydrogen) atoms. The lowest BCUT2D eigenvalue weighted by Gasteiger charge is -2.30. The molecule has 0 amide bonds. The van der Waals surface area contributed by atoms with Gasteiger partial charge in [0.25, 0.3) is 0 Å². The third-order valence-corrected chi connectivity index (χ3v) is 3.78. The molecule has 3 nitrogen and oxygen atoms in total. The molecule has 0 saturated heterocycles. The van der Waals surface area contributed by atoms with E-state index in [0.29, 0.717) is 6.04 Å². The first-order valence-corrected chi connectivity index (χ1v) is 6.95. The van der Waals surface area contributed by atoms with Gasteiger partial charge in [-0.25, -0.2) is 4.98 Å². The van der Waals surface area contributed by atoms with E-state index in [9.17, 15) is 0 Å². The smallest absolute Gasteiger partial charge is 0.126 e. The van der Waals surface area contributed by atoms with Crippen molar-refractivity contribution >= 4 is 5.82 Å². The van der Waals surface area contributed by atoms with Crippen LogP contribution in [0, 0.1) is 0 Å². The van der Waals surface area contributed by atoms with Gasteiger partial charge in [-0.1, -0.05) is 39.7 Å². The van der Waals surface area contributed by atoms with Crippen LogP contribution < -0.4 is 11.1 Å². The van der Waals surface area contributed by atoms with E-state index in [1.54, 1.807) is 0 Å². The van der Waals surface area contributed by atoms with Crippen LogP contribution in [-0.4, -0.2) is 17.1 Å². The first-order chi connectivity index (χ1) is 8.47.